The molecule has 2 saturated heterocycles. The lowest BCUT2D eigenvalue weighted by Crippen LogP contribution is -2.45. The third-order valence-corrected chi connectivity index (χ3v) is 5.95. The molecule has 3 aliphatic rings. The van der Waals surface area contributed by atoms with Crippen LogP contribution in [-0.2, 0) is 11.2 Å². The molecule has 0 aromatic carbocycles. The van der Waals surface area contributed by atoms with Crippen molar-refractivity contribution in [3.8, 4) is 0 Å². The van der Waals surface area contributed by atoms with Crippen molar-refractivity contribution < 1.29 is 9.15 Å². The summed E-state index contributed by atoms with van der Waals surface area (Å²) in [5.74, 6) is 1.93. The summed E-state index contributed by atoms with van der Waals surface area (Å²) in [7, 11) is 0. The van der Waals surface area contributed by atoms with Crippen molar-refractivity contribution in [1.29, 1.82) is 0 Å². The molecule has 1 aromatic heterocycles. The number of furan rings is 1. The van der Waals surface area contributed by atoms with Crippen molar-refractivity contribution in [2.75, 3.05) is 26.2 Å². The Morgan fingerprint density at radius 3 is 2.89 bits per heavy atom. The first-order valence-electron chi connectivity index (χ1n) is 10.7. The molecule has 7 heteroatoms. The van der Waals surface area contributed by atoms with Gasteiger partial charge in [-0.2, -0.15) is 0 Å². The first-order valence-corrected chi connectivity index (χ1v) is 10.7. The summed E-state index contributed by atoms with van der Waals surface area (Å²) in [6.45, 7) is 5.93. The molecule has 158 valence electrons. The lowest BCUT2D eigenvalue weighted by molar-refractivity contribution is 0.0224. The topological polar surface area (TPSA) is 62.0 Å². The van der Waals surface area contributed by atoms with Crippen molar-refractivity contribution in [3.05, 3.63) is 24.2 Å². The summed E-state index contributed by atoms with van der Waals surface area (Å²) >= 11 is 0. The van der Waals surface area contributed by atoms with Gasteiger partial charge in [0.1, 0.15) is 5.76 Å². The Balaban J connectivity index is 0.00000225. The maximum atomic E-state index is 5.85. The van der Waals surface area contributed by atoms with E-state index in [-0.39, 0.29) is 30.1 Å². The summed E-state index contributed by atoms with van der Waals surface area (Å²) in [6, 6.07) is 5.93. The van der Waals surface area contributed by atoms with Gasteiger partial charge in [-0.25, -0.2) is 0 Å². The number of halogens is 1. The summed E-state index contributed by atoms with van der Waals surface area (Å²) in [5, 5.41) is 7.19. The fraction of sp³-hybridized carbons (Fsp3) is 0.762. The van der Waals surface area contributed by atoms with Gasteiger partial charge in [-0.1, -0.05) is 0 Å². The van der Waals surface area contributed by atoms with E-state index in [0.717, 1.165) is 56.8 Å². The first kappa shape index (κ1) is 21.9. The second-order valence-corrected chi connectivity index (χ2v) is 8.29. The number of nitrogens with one attached hydrogen (secondary N) is 2. The lowest BCUT2D eigenvalue weighted by Gasteiger charge is -2.23. The highest BCUT2D eigenvalue weighted by Crippen LogP contribution is 2.33. The molecule has 3 fully saturated rings. The van der Waals surface area contributed by atoms with Gasteiger partial charge in [0.05, 0.1) is 18.9 Å². The molecule has 0 spiro atoms. The number of likely N-dealkylation sites (tertiary alicyclic amines) is 1. The summed E-state index contributed by atoms with van der Waals surface area (Å²) < 4.78 is 11.3. The van der Waals surface area contributed by atoms with Crippen molar-refractivity contribution in [2.24, 2.45) is 4.99 Å². The van der Waals surface area contributed by atoms with Gasteiger partial charge < -0.3 is 19.8 Å². The van der Waals surface area contributed by atoms with Crippen LogP contribution in [0.25, 0.3) is 0 Å². The maximum absolute atomic E-state index is 5.85. The Bertz CT molecular complexity index is 600. The Morgan fingerprint density at radius 2 is 2.18 bits per heavy atom. The van der Waals surface area contributed by atoms with Crippen LogP contribution in [0.3, 0.4) is 0 Å². The standard InChI is InChI=1S/C21H34N4O2.HI/c1-16-13-17(15-25(16)18-7-8-18)24-21(22-10-9-19-6-4-12-26-19)23-14-20-5-2-3-11-27-20;/h4,6,12,16-18,20H,2-3,5,7-11,13-15H2,1H3,(H2,22,23,24);1H. The number of rotatable bonds is 7. The minimum Gasteiger partial charge on any atom is -0.469 e. The van der Waals surface area contributed by atoms with Crippen molar-refractivity contribution >= 4 is 29.9 Å². The highest BCUT2D eigenvalue weighted by atomic mass is 127. The van der Waals surface area contributed by atoms with Crippen molar-refractivity contribution in [3.63, 3.8) is 0 Å². The number of nitrogens with zero attached hydrogens (tertiary/aromatic N) is 2. The van der Waals surface area contributed by atoms with Crippen LogP contribution in [0.15, 0.2) is 27.8 Å². The van der Waals surface area contributed by atoms with E-state index in [1.54, 1.807) is 6.26 Å². The monoisotopic (exact) mass is 502 g/mol. The van der Waals surface area contributed by atoms with Gasteiger partial charge in [-0.3, -0.25) is 9.89 Å². The van der Waals surface area contributed by atoms with Crippen LogP contribution in [-0.4, -0.2) is 61.3 Å². The van der Waals surface area contributed by atoms with Gasteiger partial charge in [0.15, 0.2) is 5.96 Å². The normalized spacial score (nSPS) is 28.8. The van der Waals surface area contributed by atoms with Gasteiger partial charge in [0, 0.05) is 44.2 Å². The van der Waals surface area contributed by atoms with Crippen molar-refractivity contribution in [1.82, 2.24) is 15.5 Å². The zero-order chi connectivity index (χ0) is 18.5. The Kier molecular flexibility index (Phi) is 8.47. The molecule has 0 radical (unpaired) electrons. The summed E-state index contributed by atoms with van der Waals surface area (Å²) in [6.07, 6.45) is 10.4. The number of guanidine groups is 1. The molecule has 2 aliphatic heterocycles. The van der Waals surface area contributed by atoms with E-state index in [0.29, 0.717) is 12.1 Å². The van der Waals surface area contributed by atoms with E-state index in [2.05, 4.69) is 22.5 Å². The predicted molar refractivity (Wildman–Crippen MR) is 122 cm³/mol. The second kappa shape index (κ2) is 10.8. The summed E-state index contributed by atoms with van der Waals surface area (Å²) in [4.78, 5) is 7.53. The van der Waals surface area contributed by atoms with Gasteiger partial charge >= 0.3 is 0 Å². The highest BCUT2D eigenvalue weighted by molar-refractivity contribution is 14.0. The number of hydrogen-bond acceptors (Lipinski definition) is 4. The lowest BCUT2D eigenvalue weighted by atomic mass is 10.1. The van der Waals surface area contributed by atoms with Crippen molar-refractivity contribution in [2.45, 2.75) is 76.1 Å². The van der Waals surface area contributed by atoms with E-state index in [1.165, 1.54) is 32.1 Å². The van der Waals surface area contributed by atoms with Crippen LogP contribution in [0.1, 0.15) is 51.2 Å². The van der Waals surface area contributed by atoms with Crippen LogP contribution in [0.5, 0.6) is 0 Å². The fourth-order valence-electron chi connectivity index (χ4n) is 4.33. The van der Waals surface area contributed by atoms with E-state index in [9.17, 15) is 0 Å². The van der Waals surface area contributed by atoms with Crippen LogP contribution in [0.4, 0.5) is 0 Å². The molecule has 0 bridgehead atoms. The Morgan fingerprint density at radius 1 is 1.29 bits per heavy atom. The average Bonchev–Trinajstić information content (AvgIpc) is 3.26. The van der Waals surface area contributed by atoms with E-state index >= 15 is 0 Å². The third kappa shape index (κ3) is 6.35. The molecule has 1 aliphatic carbocycles. The van der Waals surface area contributed by atoms with Gasteiger partial charge in [0.25, 0.3) is 0 Å². The molecule has 1 saturated carbocycles. The van der Waals surface area contributed by atoms with Crippen LogP contribution in [0, 0.1) is 0 Å². The van der Waals surface area contributed by atoms with E-state index < -0.39 is 0 Å². The minimum atomic E-state index is 0. The predicted octanol–water partition coefficient (Wildman–Crippen LogP) is 3.17. The molecule has 0 amide bonds. The quantitative estimate of drug-likeness (QED) is 0.341. The van der Waals surface area contributed by atoms with E-state index in [4.69, 9.17) is 14.1 Å². The van der Waals surface area contributed by atoms with Crippen LogP contribution in [0.2, 0.25) is 0 Å². The third-order valence-electron chi connectivity index (χ3n) is 5.95. The maximum Gasteiger partial charge on any atom is 0.191 e. The zero-order valence-electron chi connectivity index (χ0n) is 16.9. The first-order chi connectivity index (χ1) is 13.3. The molecular weight excluding hydrogens is 467 g/mol. The summed E-state index contributed by atoms with van der Waals surface area (Å²) in [5.41, 5.74) is 0. The van der Waals surface area contributed by atoms with Crippen LogP contribution < -0.4 is 10.6 Å². The Labute approximate surface area is 185 Å². The van der Waals surface area contributed by atoms with Gasteiger partial charge in [0.2, 0.25) is 0 Å². The van der Waals surface area contributed by atoms with Gasteiger partial charge in [-0.15, -0.1) is 24.0 Å². The van der Waals surface area contributed by atoms with Crippen LogP contribution >= 0.6 is 24.0 Å². The minimum absolute atomic E-state index is 0. The number of hydrogen-bond donors (Lipinski definition) is 2. The SMILES string of the molecule is CC1CC(NC(=NCC2CCCCO2)NCCc2ccco2)CN1C1CC1.I. The molecule has 4 rings (SSSR count). The average molecular weight is 502 g/mol. The largest absolute Gasteiger partial charge is 0.469 e. The molecule has 3 atom stereocenters. The number of ether oxygens (including phenoxy) is 1. The Hall–Kier alpha value is -0.800. The molecule has 3 heterocycles. The second-order valence-electron chi connectivity index (χ2n) is 8.29. The fourth-order valence-corrected chi connectivity index (χ4v) is 4.33. The molecule has 6 nitrogen and oxygen atoms in total. The molecule has 28 heavy (non-hydrogen) atoms. The number of aliphatic imine (C=N–C) groups is 1. The molecule has 1 aromatic rings. The highest BCUT2D eigenvalue weighted by Gasteiger charge is 2.38. The smallest absolute Gasteiger partial charge is 0.191 e. The zero-order valence-corrected chi connectivity index (χ0v) is 19.3. The van der Waals surface area contributed by atoms with Gasteiger partial charge in [-0.05, 0) is 57.6 Å². The molecule has 2 N–H and O–H groups in total. The van der Waals surface area contributed by atoms with E-state index in [1.807, 2.05) is 12.1 Å². The molecular formula is C21H35IN4O2. The molecule has 3 unspecified atom stereocenters.